The van der Waals surface area contributed by atoms with Gasteiger partial charge in [0.15, 0.2) is 0 Å². The topological polar surface area (TPSA) is 64.4 Å². The number of nitrogens with zero attached hydrogens (tertiary/aromatic N) is 1. The molecule has 1 aliphatic heterocycles. The minimum Gasteiger partial charge on any atom is -0.377 e. The number of nitrogens with one attached hydrogen (secondary N) is 1. The molecule has 1 aliphatic rings. The highest BCUT2D eigenvalue weighted by molar-refractivity contribution is 7.15. The van der Waals surface area contributed by atoms with Gasteiger partial charge in [-0.1, -0.05) is 11.3 Å². The number of rotatable bonds is 5. The molecule has 1 aromatic rings. The van der Waals surface area contributed by atoms with Gasteiger partial charge in [-0.2, -0.15) is 0 Å². The van der Waals surface area contributed by atoms with E-state index in [1.807, 2.05) is 0 Å². The van der Waals surface area contributed by atoms with Gasteiger partial charge in [0, 0.05) is 30.6 Å². The van der Waals surface area contributed by atoms with Crippen LogP contribution in [-0.4, -0.2) is 24.2 Å². The maximum atomic E-state index is 10.5. The lowest BCUT2D eigenvalue weighted by atomic mass is 10.1. The molecule has 2 rings (SSSR count). The van der Waals surface area contributed by atoms with Crippen molar-refractivity contribution >= 4 is 16.3 Å². The van der Waals surface area contributed by atoms with Crippen molar-refractivity contribution in [3.8, 4) is 0 Å². The highest BCUT2D eigenvalue weighted by Gasteiger charge is 2.14. The Morgan fingerprint density at radius 2 is 2.41 bits per heavy atom. The molecular formula is C11H16N2O3S. The predicted molar refractivity (Wildman–Crippen MR) is 66.3 cm³/mol. The maximum absolute atomic E-state index is 10.5. The standard InChI is InChI=1S/C11H16N2O3S/c14-13(15)11-5-4-10(17-11)8-12-7-9-3-1-2-6-16-9/h4-5,9,12H,1-3,6-8H2. The van der Waals surface area contributed by atoms with Crippen molar-refractivity contribution in [2.24, 2.45) is 0 Å². The summed E-state index contributed by atoms with van der Waals surface area (Å²) in [5.74, 6) is 0. The van der Waals surface area contributed by atoms with Crippen molar-refractivity contribution in [1.29, 1.82) is 0 Å². The Bertz CT molecular complexity index is 375. The summed E-state index contributed by atoms with van der Waals surface area (Å²) in [6.07, 6.45) is 3.81. The first-order chi connectivity index (χ1) is 8.25. The van der Waals surface area contributed by atoms with Crippen molar-refractivity contribution in [2.45, 2.75) is 31.9 Å². The third kappa shape index (κ3) is 3.76. The van der Waals surface area contributed by atoms with Gasteiger partial charge in [0.25, 0.3) is 0 Å². The number of hydrogen-bond acceptors (Lipinski definition) is 5. The summed E-state index contributed by atoms with van der Waals surface area (Å²) in [5.41, 5.74) is 0. The van der Waals surface area contributed by atoms with E-state index < -0.39 is 0 Å². The summed E-state index contributed by atoms with van der Waals surface area (Å²) < 4.78 is 5.59. The summed E-state index contributed by atoms with van der Waals surface area (Å²) in [4.78, 5) is 11.2. The van der Waals surface area contributed by atoms with E-state index in [0.29, 0.717) is 12.6 Å². The van der Waals surface area contributed by atoms with Gasteiger partial charge < -0.3 is 10.1 Å². The van der Waals surface area contributed by atoms with Crippen LogP contribution in [0.2, 0.25) is 0 Å². The Morgan fingerprint density at radius 1 is 1.53 bits per heavy atom. The largest absolute Gasteiger partial charge is 0.377 e. The molecule has 1 unspecified atom stereocenters. The van der Waals surface area contributed by atoms with E-state index in [2.05, 4.69) is 5.32 Å². The number of thiophene rings is 1. The molecule has 17 heavy (non-hydrogen) atoms. The summed E-state index contributed by atoms with van der Waals surface area (Å²) in [6.45, 7) is 2.36. The summed E-state index contributed by atoms with van der Waals surface area (Å²) in [5, 5.41) is 14.0. The molecule has 0 aromatic carbocycles. The quantitative estimate of drug-likeness (QED) is 0.648. The van der Waals surface area contributed by atoms with Crippen LogP contribution in [0.25, 0.3) is 0 Å². The lowest BCUT2D eigenvalue weighted by Gasteiger charge is -2.22. The fourth-order valence-corrected chi connectivity index (χ4v) is 2.67. The Kier molecular flexibility index (Phi) is 4.47. The molecule has 0 amide bonds. The van der Waals surface area contributed by atoms with Crippen LogP contribution in [-0.2, 0) is 11.3 Å². The summed E-state index contributed by atoms with van der Waals surface area (Å²) >= 11 is 1.23. The minimum absolute atomic E-state index is 0.204. The SMILES string of the molecule is O=[N+]([O-])c1ccc(CNCC2CCCCO2)s1. The zero-order valence-electron chi connectivity index (χ0n) is 9.55. The van der Waals surface area contributed by atoms with Crippen molar-refractivity contribution in [3.05, 3.63) is 27.1 Å². The van der Waals surface area contributed by atoms with Crippen LogP contribution in [0.1, 0.15) is 24.1 Å². The van der Waals surface area contributed by atoms with Crippen molar-refractivity contribution < 1.29 is 9.66 Å². The van der Waals surface area contributed by atoms with Gasteiger partial charge in [0.05, 0.1) is 11.0 Å². The first-order valence-corrected chi connectivity index (χ1v) is 6.63. The molecule has 6 heteroatoms. The number of hydrogen-bond donors (Lipinski definition) is 1. The lowest BCUT2D eigenvalue weighted by molar-refractivity contribution is -0.380. The second-order valence-electron chi connectivity index (χ2n) is 4.12. The van der Waals surface area contributed by atoms with E-state index >= 15 is 0 Å². The molecule has 0 saturated carbocycles. The molecule has 1 fully saturated rings. The number of ether oxygens (including phenoxy) is 1. The molecule has 5 nitrogen and oxygen atoms in total. The van der Waals surface area contributed by atoms with Gasteiger partial charge in [-0.3, -0.25) is 10.1 Å². The molecule has 2 heterocycles. The summed E-state index contributed by atoms with van der Waals surface area (Å²) in [7, 11) is 0. The fraction of sp³-hybridized carbons (Fsp3) is 0.636. The minimum atomic E-state index is -0.349. The van der Waals surface area contributed by atoms with E-state index in [9.17, 15) is 10.1 Å². The zero-order chi connectivity index (χ0) is 12.1. The zero-order valence-corrected chi connectivity index (χ0v) is 10.4. The Labute approximate surface area is 104 Å². The van der Waals surface area contributed by atoms with E-state index in [4.69, 9.17) is 4.74 Å². The Morgan fingerprint density at radius 3 is 3.06 bits per heavy atom. The highest BCUT2D eigenvalue weighted by atomic mass is 32.1. The molecular weight excluding hydrogens is 240 g/mol. The third-order valence-electron chi connectivity index (χ3n) is 2.77. The van der Waals surface area contributed by atoms with Crippen molar-refractivity contribution in [1.82, 2.24) is 5.32 Å². The van der Waals surface area contributed by atoms with Crippen molar-refractivity contribution in [2.75, 3.05) is 13.2 Å². The van der Waals surface area contributed by atoms with Crippen LogP contribution < -0.4 is 5.32 Å². The second-order valence-corrected chi connectivity index (χ2v) is 5.26. The van der Waals surface area contributed by atoms with Crippen LogP contribution in [0.4, 0.5) is 5.00 Å². The molecule has 94 valence electrons. The van der Waals surface area contributed by atoms with Gasteiger partial charge in [-0.15, -0.1) is 0 Å². The van der Waals surface area contributed by atoms with Gasteiger partial charge in [-0.25, -0.2) is 0 Å². The Balaban J connectivity index is 1.71. The molecule has 1 aromatic heterocycles. The van der Waals surface area contributed by atoms with Crippen LogP contribution in [0.5, 0.6) is 0 Å². The Hall–Kier alpha value is -0.980. The average Bonchev–Trinajstić information content (AvgIpc) is 2.79. The highest BCUT2D eigenvalue weighted by Crippen LogP contribution is 2.23. The molecule has 1 saturated heterocycles. The number of nitro groups is 1. The van der Waals surface area contributed by atoms with E-state index in [0.717, 1.165) is 30.9 Å². The molecule has 1 N–H and O–H groups in total. The second kappa shape index (κ2) is 6.09. The fourth-order valence-electron chi connectivity index (χ4n) is 1.88. The predicted octanol–water partition coefficient (Wildman–Crippen LogP) is 2.32. The van der Waals surface area contributed by atoms with Crippen LogP contribution >= 0.6 is 11.3 Å². The summed E-state index contributed by atoms with van der Waals surface area (Å²) in [6, 6.07) is 3.36. The van der Waals surface area contributed by atoms with E-state index in [1.54, 1.807) is 12.1 Å². The van der Waals surface area contributed by atoms with Gasteiger partial charge in [0.1, 0.15) is 0 Å². The average molecular weight is 256 g/mol. The molecule has 0 bridgehead atoms. The van der Waals surface area contributed by atoms with Crippen LogP contribution in [0.3, 0.4) is 0 Å². The first-order valence-electron chi connectivity index (χ1n) is 5.81. The smallest absolute Gasteiger partial charge is 0.324 e. The molecule has 0 spiro atoms. The van der Waals surface area contributed by atoms with Crippen LogP contribution in [0.15, 0.2) is 12.1 Å². The van der Waals surface area contributed by atoms with Gasteiger partial charge >= 0.3 is 5.00 Å². The van der Waals surface area contributed by atoms with Gasteiger partial charge in [-0.05, 0) is 25.3 Å². The van der Waals surface area contributed by atoms with Crippen LogP contribution in [0, 0.1) is 10.1 Å². The lowest BCUT2D eigenvalue weighted by Crippen LogP contribution is -2.31. The van der Waals surface area contributed by atoms with E-state index in [-0.39, 0.29) is 9.92 Å². The normalized spacial score (nSPS) is 20.4. The third-order valence-corrected chi connectivity index (χ3v) is 3.81. The van der Waals surface area contributed by atoms with E-state index in [1.165, 1.54) is 17.8 Å². The van der Waals surface area contributed by atoms with Gasteiger partial charge in [0.2, 0.25) is 0 Å². The molecule has 0 aliphatic carbocycles. The monoisotopic (exact) mass is 256 g/mol. The maximum Gasteiger partial charge on any atom is 0.324 e. The molecule has 1 atom stereocenters. The molecule has 0 radical (unpaired) electrons. The first kappa shape index (κ1) is 12.5. The van der Waals surface area contributed by atoms with Crippen molar-refractivity contribution in [3.63, 3.8) is 0 Å².